The topological polar surface area (TPSA) is 26.7 Å². The highest BCUT2D eigenvalue weighted by Crippen LogP contribution is 2.71. The molecule has 3 heteroatoms. The Labute approximate surface area is 170 Å². The fourth-order valence-corrected chi connectivity index (χ4v) is 8.64. The molecular weight excluding hydrogens is 344 g/mol. The molecule has 0 spiro atoms. The largest absolute Gasteiger partial charge is 0.508 e. The highest BCUT2D eigenvalue weighted by atomic mass is 16.3. The van der Waals surface area contributed by atoms with Gasteiger partial charge in [0.1, 0.15) is 5.75 Å². The molecule has 5 atom stereocenters. The molecule has 5 aliphatic rings. The van der Waals surface area contributed by atoms with E-state index in [9.17, 15) is 5.11 Å². The molecule has 0 radical (unpaired) electrons. The van der Waals surface area contributed by atoms with Gasteiger partial charge in [-0.1, -0.05) is 6.07 Å². The molecule has 3 nitrogen and oxygen atoms in total. The lowest BCUT2D eigenvalue weighted by atomic mass is 9.47. The molecule has 1 N–H and O–H groups in total. The first kappa shape index (κ1) is 17.8. The average Bonchev–Trinajstić information content (AvgIpc) is 3.46. The molecule has 5 unspecified atom stereocenters. The van der Waals surface area contributed by atoms with Crippen molar-refractivity contribution in [3.8, 4) is 5.75 Å². The van der Waals surface area contributed by atoms with Crippen molar-refractivity contribution in [2.24, 2.45) is 17.3 Å². The van der Waals surface area contributed by atoms with Crippen LogP contribution in [0.5, 0.6) is 5.75 Å². The van der Waals surface area contributed by atoms with Crippen LogP contribution in [-0.4, -0.2) is 54.2 Å². The third-order valence-electron chi connectivity index (χ3n) is 9.76. The standard InChI is InChI=1S/C25H36N2O/c1-26(2)22-10-12-24-11-9-20(22)25(24)13-14-27(16-17-3-4-17)23(24)8-6-18-5-7-19(28)15-21(18)25/h5,7,15,17,20,22-23,28H,3-4,6,8-14,16H2,1-2H3. The highest BCUT2D eigenvalue weighted by molar-refractivity contribution is 5.47. The second kappa shape index (κ2) is 5.98. The van der Waals surface area contributed by atoms with E-state index in [0.29, 0.717) is 17.2 Å². The highest BCUT2D eigenvalue weighted by Gasteiger charge is 2.70. The molecule has 4 bridgehead atoms. The van der Waals surface area contributed by atoms with Crippen molar-refractivity contribution < 1.29 is 5.11 Å². The van der Waals surface area contributed by atoms with Gasteiger partial charge in [-0.3, -0.25) is 4.90 Å². The Hall–Kier alpha value is -1.06. The maximum Gasteiger partial charge on any atom is 0.115 e. The summed E-state index contributed by atoms with van der Waals surface area (Å²) in [7, 11) is 4.60. The van der Waals surface area contributed by atoms with Crippen LogP contribution in [0.4, 0.5) is 0 Å². The van der Waals surface area contributed by atoms with Gasteiger partial charge in [-0.15, -0.1) is 0 Å². The van der Waals surface area contributed by atoms with Gasteiger partial charge < -0.3 is 10.0 Å². The van der Waals surface area contributed by atoms with Gasteiger partial charge in [0.2, 0.25) is 0 Å². The molecule has 28 heavy (non-hydrogen) atoms. The van der Waals surface area contributed by atoms with E-state index in [0.717, 1.165) is 17.9 Å². The van der Waals surface area contributed by atoms with E-state index in [1.807, 2.05) is 6.07 Å². The molecule has 4 fully saturated rings. The fourth-order valence-electron chi connectivity index (χ4n) is 8.64. The summed E-state index contributed by atoms with van der Waals surface area (Å²) in [5.41, 5.74) is 3.82. The van der Waals surface area contributed by atoms with E-state index in [2.05, 4.69) is 36.0 Å². The van der Waals surface area contributed by atoms with E-state index in [1.165, 1.54) is 70.9 Å². The maximum atomic E-state index is 10.5. The summed E-state index contributed by atoms with van der Waals surface area (Å²) in [6, 6.07) is 7.84. The van der Waals surface area contributed by atoms with Crippen LogP contribution < -0.4 is 0 Å². The number of piperidine rings is 1. The van der Waals surface area contributed by atoms with E-state index in [-0.39, 0.29) is 5.41 Å². The van der Waals surface area contributed by atoms with Gasteiger partial charge in [0, 0.05) is 24.0 Å². The minimum Gasteiger partial charge on any atom is -0.508 e. The number of aryl methyl sites for hydroxylation is 1. The molecule has 6 rings (SSSR count). The minimum absolute atomic E-state index is 0.287. The van der Waals surface area contributed by atoms with Crippen LogP contribution in [0.1, 0.15) is 62.5 Å². The Morgan fingerprint density at radius 2 is 1.89 bits per heavy atom. The summed E-state index contributed by atoms with van der Waals surface area (Å²) >= 11 is 0. The minimum atomic E-state index is 0.287. The van der Waals surface area contributed by atoms with E-state index >= 15 is 0 Å². The van der Waals surface area contributed by atoms with E-state index < -0.39 is 0 Å². The predicted molar refractivity (Wildman–Crippen MR) is 113 cm³/mol. The van der Waals surface area contributed by atoms with Gasteiger partial charge in [0.05, 0.1) is 0 Å². The summed E-state index contributed by atoms with van der Waals surface area (Å²) in [4.78, 5) is 5.47. The second-order valence-electron chi connectivity index (χ2n) is 10.9. The summed E-state index contributed by atoms with van der Waals surface area (Å²) in [5, 5.41) is 10.5. The Morgan fingerprint density at radius 1 is 1.07 bits per heavy atom. The van der Waals surface area contributed by atoms with E-state index in [1.54, 1.807) is 11.1 Å². The molecule has 1 aliphatic heterocycles. The molecule has 152 valence electrons. The number of nitrogens with zero attached hydrogens (tertiary/aromatic N) is 2. The number of aromatic hydroxyl groups is 1. The van der Waals surface area contributed by atoms with Gasteiger partial charge in [0.25, 0.3) is 0 Å². The van der Waals surface area contributed by atoms with Gasteiger partial charge >= 0.3 is 0 Å². The van der Waals surface area contributed by atoms with Crippen LogP contribution in [0.2, 0.25) is 0 Å². The van der Waals surface area contributed by atoms with Crippen LogP contribution in [0.25, 0.3) is 0 Å². The van der Waals surface area contributed by atoms with Crippen molar-refractivity contribution in [1.29, 1.82) is 0 Å². The summed E-state index contributed by atoms with van der Waals surface area (Å²) in [6.07, 6.45) is 12.3. The Bertz CT molecular complexity index is 787. The van der Waals surface area contributed by atoms with Crippen LogP contribution in [0.15, 0.2) is 18.2 Å². The molecule has 0 aromatic heterocycles. The molecule has 1 aromatic carbocycles. The normalized spacial score (nSPS) is 42.2. The van der Waals surface area contributed by atoms with Gasteiger partial charge in [-0.05, 0) is 119 Å². The monoisotopic (exact) mass is 380 g/mol. The van der Waals surface area contributed by atoms with Gasteiger partial charge in [-0.25, -0.2) is 0 Å². The van der Waals surface area contributed by atoms with Crippen molar-refractivity contribution in [3.05, 3.63) is 29.3 Å². The summed E-state index contributed by atoms with van der Waals surface area (Å²) in [5.74, 6) is 2.21. The zero-order valence-corrected chi connectivity index (χ0v) is 17.7. The number of hydrogen-bond donors (Lipinski definition) is 1. The fraction of sp³-hybridized carbons (Fsp3) is 0.760. The van der Waals surface area contributed by atoms with Crippen LogP contribution in [0, 0.1) is 17.3 Å². The number of benzene rings is 1. The summed E-state index contributed by atoms with van der Waals surface area (Å²) < 4.78 is 0. The summed E-state index contributed by atoms with van der Waals surface area (Å²) in [6.45, 7) is 2.63. The third kappa shape index (κ3) is 2.18. The lowest BCUT2D eigenvalue weighted by molar-refractivity contribution is -0.0949. The van der Waals surface area contributed by atoms with Crippen LogP contribution in [0.3, 0.4) is 0 Å². The first-order valence-corrected chi connectivity index (χ1v) is 11.8. The lowest BCUT2D eigenvalue weighted by Crippen LogP contribution is -2.66. The number of likely N-dealkylation sites (tertiary alicyclic amines) is 1. The number of phenols is 1. The Balaban J connectivity index is 1.53. The Kier molecular flexibility index (Phi) is 3.80. The molecule has 0 amide bonds. The average molecular weight is 381 g/mol. The number of phenolic OH excluding ortho intramolecular Hbond substituents is 1. The van der Waals surface area contributed by atoms with Crippen LogP contribution >= 0.6 is 0 Å². The smallest absolute Gasteiger partial charge is 0.115 e. The van der Waals surface area contributed by atoms with Gasteiger partial charge in [0.15, 0.2) is 0 Å². The molecular formula is C25H36N2O. The van der Waals surface area contributed by atoms with Gasteiger partial charge in [-0.2, -0.15) is 0 Å². The van der Waals surface area contributed by atoms with Crippen molar-refractivity contribution in [2.45, 2.75) is 75.3 Å². The van der Waals surface area contributed by atoms with Crippen LogP contribution in [-0.2, 0) is 11.8 Å². The zero-order valence-electron chi connectivity index (χ0n) is 17.7. The predicted octanol–water partition coefficient (Wildman–Crippen LogP) is 4.18. The number of rotatable bonds is 3. The molecule has 1 aromatic rings. The maximum absolute atomic E-state index is 10.5. The SMILES string of the molecule is CN(C)C1CCC23CCC1C21CCN(CC2CC2)C3CCc2ccc(O)cc21. The quantitative estimate of drug-likeness (QED) is 0.852. The first-order chi connectivity index (χ1) is 13.5. The number of fused-ring (bicyclic) bond motifs is 1. The Morgan fingerprint density at radius 3 is 2.68 bits per heavy atom. The van der Waals surface area contributed by atoms with Crippen molar-refractivity contribution in [3.63, 3.8) is 0 Å². The lowest BCUT2D eigenvalue weighted by Gasteiger charge is -2.63. The molecule has 3 saturated carbocycles. The zero-order chi connectivity index (χ0) is 19.1. The third-order valence-corrected chi connectivity index (χ3v) is 9.76. The molecule has 1 saturated heterocycles. The van der Waals surface area contributed by atoms with E-state index in [4.69, 9.17) is 0 Å². The second-order valence-corrected chi connectivity index (χ2v) is 10.9. The molecule has 4 aliphatic carbocycles. The van der Waals surface area contributed by atoms with Crippen molar-refractivity contribution in [2.75, 3.05) is 27.2 Å². The van der Waals surface area contributed by atoms with Crippen molar-refractivity contribution >= 4 is 0 Å². The van der Waals surface area contributed by atoms with Crippen molar-refractivity contribution in [1.82, 2.24) is 9.80 Å². The first-order valence-electron chi connectivity index (χ1n) is 11.8. The number of hydrogen-bond acceptors (Lipinski definition) is 3. The molecule has 1 heterocycles.